The number of hydrogen-bond donors (Lipinski definition) is 3. The molecule has 8 heteroatoms. The van der Waals surface area contributed by atoms with E-state index in [0.717, 1.165) is 6.42 Å². The third kappa shape index (κ3) is 3.65. The average molecular weight is 285 g/mol. The molecule has 0 saturated carbocycles. The molecule has 3 N–H and O–H groups in total. The molecule has 2 rings (SSSR count). The largest absolute Gasteiger partial charge is 0.476 e. The first kappa shape index (κ1) is 13.8. The van der Waals surface area contributed by atoms with E-state index in [2.05, 4.69) is 15.6 Å². The molecule has 2 heterocycles. The molecule has 1 aromatic rings. The molecule has 0 aromatic carbocycles. The number of carbonyl (C=O) groups excluding carboxylic acids is 1. The number of rotatable bonds is 4. The van der Waals surface area contributed by atoms with E-state index in [1.807, 2.05) is 6.92 Å². The Labute approximate surface area is 114 Å². The van der Waals surface area contributed by atoms with Crippen molar-refractivity contribution < 1.29 is 19.4 Å². The van der Waals surface area contributed by atoms with Gasteiger partial charge < -0.3 is 20.5 Å². The van der Waals surface area contributed by atoms with Crippen LogP contribution >= 0.6 is 11.3 Å². The van der Waals surface area contributed by atoms with Crippen LogP contribution in [-0.4, -0.2) is 40.8 Å². The zero-order valence-corrected chi connectivity index (χ0v) is 11.2. The summed E-state index contributed by atoms with van der Waals surface area (Å²) in [5, 5.41) is 16.2. The number of ether oxygens (including phenoxy) is 1. The number of urea groups is 1. The Morgan fingerprint density at radius 2 is 2.42 bits per heavy atom. The molecule has 0 spiro atoms. The number of amides is 2. The van der Waals surface area contributed by atoms with Gasteiger partial charge in [0.05, 0.1) is 18.7 Å². The molecule has 1 fully saturated rings. The maximum atomic E-state index is 11.6. The lowest BCUT2D eigenvalue weighted by Gasteiger charge is -2.16. The van der Waals surface area contributed by atoms with Gasteiger partial charge in [-0.2, -0.15) is 0 Å². The minimum atomic E-state index is -1.07. The predicted molar refractivity (Wildman–Crippen MR) is 68.3 cm³/mol. The molecule has 0 bridgehead atoms. The van der Waals surface area contributed by atoms with Crippen molar-refractivity contribution in [2.75, 3.05) is 6.61 Å². The highest BCUT2D eigenvalue weighted by molar-refractivity contribution is 7.09. The van der Waals surface area contributed by atoms with E-state index in [-0.39, 0.29) is 30.4 Å². The number of aromatic carboxylic acids is 1. The zero-order chi connectivity index (χ0) is 13.8. The second kappa shape index (κ2) is 5.98. The molecule has 1 aromatic heterocycles. The molecule has 0 radical (unpaired) electrons. The molecule has 2 atom stereocenters. The smallest absolute Gasteiger partial charge is 0.355 e. The molecular formula is C11H15N3O4S. The maximum absolute atomic E-state index is 11.6. The van der Waals surface area contributed by atoms with Crippen molar-refractivity contribution in [1.29, 1.82) is 0 Å². The molecule has 19 heavy (non-hydrogen) atoms. The van der Waals surface area contributed by atoms with Crippen molar-refractivity contribution in [3.8, 4) is 0 Å². The summed E-state index contributed by atoms with van der Waals surface area (Å²) < 4.78 is 5.34. The highest BCUT2D eigenvalue weighted by Gasteiger charge is 2.25. The minimum Gasteiger partial charge on any atom is -0.476 e. The number of thiazole rings is 1. The zero-order valence-electron chi connectivity index (χ0n) is 10.4. The summed E-state index contributed by atoms with van der Waals surface area (Å²) in [5.41, 5.74) is 0.0000216. The van der Waals surface area contributed by atoms with E-state index < -0.39 is 5.97 Å². The third-order valence-corrected chi connectivity index (χ3v) is 3.71. The lowest BCUT2D eigenvalue weighted by molar-refractivity contribution is 0.0691. The van der Waals surface area contributed by atoms with Crippen LogP contribution in [-0.2, 0) is 11.3 Å². The van der Waals surface area contributed by atoms with Crippen LogP contribution in [0.4, 0.5) is 4.79 Å². The van der Waals surface area contributed by atoms with Gasteiger partial charge in [-0.25, -0.2) is 14.6 Å². The molecule has 0 aliphatic carbocycles. The molecule has 1 aliphatic heterocycles. The van der Waals surface area contributed by atoms with Gasteiger partial charge in [-0.1, -0.05) is 0 Å². The van der Waals surface area contributed by atoms with Crippen molar-refractivity contribution in [2.24, 2.45) is 0 Å². The summed E-state index contributed by atoms with van der Waals surface area (Å²) in [7, 11) is 0. The van der Waals surface area contributed by atoms with Gasteiger partial charge >= 0.3 is 12.0 Å². The van der Waals surface area contributed by atoms with Crippen molar-refractivity contribution in [3.05, 3.63) is 16.1 Å². The summed E-state index contributed by atoms with van der Waals surface area (Å²) in [6, 6.07) is -0.277. The standard InChI is InChI=1S/C11H15N3O4S/c1-6-7(2-3-18-6)14-11(17)12-4-9-13-8(5-19-9)10(15)16/h5-7H,2-4H2,1H3,(H,15,16)(H2,12,14,17). The molecule has 1 aliphatic rings. The van der Waals surface area contributed by atoms with Crippen LogP contribution in [0.3, 0.4) is 0 Å². The number of hydrogen-bond acceptors (Lipinski definition) is 5. The first-order valence-corrected chi connectivity index (χ1v) is 6.78. The van der Waals surface area contributed by atoms with Crippen molar-refractivity contribution in [3.63, 3.8) is 0 Å². The van der Waals surface area contributed by atoms with Gasteiger partial charge in [0.1, 0.15) is 5.01 Å². The van der Waals surface area contributed by atoms with E-state index in [1.54, 1.807) is 0 Å². The van der Waals surface area contributed by atoms with Gasteiger partial charge in [-0.15, -0.1) is 11.3 Å². The van der Waals surface area contributed by atoms with Crippen molar-refractivity contribution in [1.82, 2.24) is 15.6 Å². The number of carboxylic acid groups (broad SMARTS) is 1. The Bertz CT molecular complexity index is 476. The fraction of sp³-hybridized carbons (Fsp3) is 0.545. The van der Waals surface area contributed by atoms with Crippen LogP contribution in [0.15, 0.2) is 5.38 Å². The summed E-state index contributed by atoms with van der Waals surface area (Å²) in [4.78, 5) is 26.2. The van der Waals surface area contributed by atoms with E-state index in [4.69, 9.17) is 9.84 Å². The Morgan fingerprint density at radius 3 is 3.00 bits per heavy atom. The first-order valence-electron chi connectivity index (χ1n) is 5.90. The number of carbonyl (C=O) groups is 2. The molecule has 104 valence electrons. The molecule has 2 unspecified atom stereocenters. The highest BCUT2D eigenvalue weighted by atomic mass is 32.1. The monoisotopic (exact) mass is 285 g/mol. The fourth-order valence-corrected chi connectivity index (χ4v) is 2.49. The number of nitrogens with zero attached hydrogens (tertiary/aromatic N) is 1. The van der Waals surface area contributed by atoms with E-state index in [9.17, 15) is 9.59 Å². The first-order chi connectivity index (χ1) is 9.06. The van der Waals surface area contributed by atoms with Gasteiger partial charge in [0.15, 0.2) is 5.69 Å². The van der Waals surface area contributed by atoms with Crippen LogP contribution in [0.5, 0.6) is 0 Å². The second-order valence-electron chi connectivity index (χ2n) is 4.23. The third-order valence-electron chi connectivity index (χ3n) is 2.86. The van der Waals surface area contributed by atoms with E-state index in [0.29, 0.717) is 11.6 Å². The van der Waals surface area contributed by atoms with Gasteiger partial charge in [0.2, 0.25) is 0 Å². The van der Waals surface area contributed by atoms with Crippen molar-refractivity contribution in [2.45, 2.75) is 32.0 Å². The second-order valence-corrected chi connectivity index (χ2v) is 5.17. The van der Waals surface area contributed by atoms with Crippen molar-refractivity contribution >= 4 is 23.3 Å². The van der Waals surface area contributed by atoms with E-state index >= 15 is 0 Å². The number of carboxylic acids is 1. The summed E-state index contributed by atoms with van der Waals surface area (Å²) in [6.45, 7) is 2.78. The number of aromatic nitrogens is 1. The number of nitrogens with one attached hydrogen (secondary N) is 2. The summed E-state index contributed by atoms with van der Waals surface area (Å²) in [5.74, 6) is -1.07. The normalized spacial score (nSPS) is 22.2. The molecule has 2 amide bonds. The molecule has 7 nitrogen and oxygen atoms in total. The van der Waals surface area contributed by atoms with Crippen LogP contribution in [0.1, 0.15) is 28.8 Å². The Hall–Kier alpha value is -1.67. The van der Waals surface area contributed by atoms with Gasteiger partial charge in [0.25, 0.3) is 0 Å². The van der Waals surface area contributed by atoms with Gasteiger partial charge in [0, 0.05) is 12.0 Å². The van der Waals surface area contributed by atoms with E-state index in [1.165, 1.54) is 16.7 Å². The van der Waals surface area contributed by atoms with Crippen LogP contribution in [0.2, 0.25) is 0 Å². The molecular weight excluding hydrogens is 270 g/mol. The predicted octanol–water partition coefficient (Wildman–Crippen LogP) is 0.818. The lowest BCUT2D eigenvalue weighted by Crippen LogP contribution is -2.44. The Morgan fingerprint density at radius 1 is 1.63 bits per heavy atom. The topological polar surface area (TPSA) is 101 Å². The Kier molecular flexibility index (Phi) is 4.33. The minimum absolute atomic E-state index is 0.0000216. The molecule has 1 saturated heterocycles. The van der Waals surface area contributed by atoms with Gasteiger partial charge in [-0.05, 0) is 13.3 Å². The van der Waals surface area contributed by atoms with Crippen LogP contribution < -0.4 is 10.6 Å². The highest BCUT2D eigenvalue weighted by Crippen LogP contribution is 2.12. The SMILES string of the molecule is CC1OCCC1NC(=O)NCc1nc(C(=O)O)cs1. The van der Waals surface area contributed by atoms with Crippen LogP contribution in [0.25, 0.3) is 0 Å². The van der Waals surface area contributed by atoms with Gasteiger partial charge in [-0.3, -0.25) is 0 Å². The fourth-order valence-electron chi connectivity index (χ4n) is 1.79. The lowest BCUT2D eigenvalue weighted by atomic mass is 10.2. The summed E-state index contributed by atoms with van der Waals surface area (Å²) >= 11 is 1.20. The summed E-state index contributed by atoms with van der Waals surface area (Å²) in [6.07, 6.45) is 0.818. The quantitative estimate of drug-likeness (QED) is 0.760. The maximum Gasteiger partial charge on any atom is 0.355 e. The van der Waals surface area contributed by atoms with Crippen LogP contribution in [0, 0.1) is 0 Å². The average Bonchev–Trinajstić information content (AvgIpc) is 2.97. The Balaban J connectivity index is 1.78.